The molecule has 0 spiro atoms. The second-order valence-electron chi connectivity index (χ2n) is 5.01. The quantitative estimate of drug-likeness (QED) is 0.864. The Morgan fingerprint density at radius 2 is 1.86 bits per heavy atom. The molecule has 3 rings (SSSR count). The van der Waals surface area contributed by atoms with Gasteiger partial charge in [-0.05, 0) is 37.1 Å². The molecule has 2 aromatic rings. The zero-order chi connectivity index (χ0) is 15.7. The molecule has 0 amide bonds. The van der Waals surface area contributed by atoms with Gasteiger partial charge in [0.05, 0.1) is 18.5 Å². The summed E-state index contributed by atoms with van der Waals surface area (Å²) >= 11 is 0. The van der Waals surface area contributed by atoms with Gasteiger partial charge in [-0.25, -0.2) is 4.98 Å². The summed E-state index contributed by atoms with van der Waals surface area (Å²) in [5.41, 5.74) is 3.99. The molecule has 0 unspecified atom stereocenters. The third kappa shape index (κ3) is 2.16. The number of nitrogens with zero attached hydrogens (tertiary/aromatic N) is 4. The average Bonchev–Trinajstić information content (AvgIpc) is 2.91. The molecule has 0 saturated carbocycles. The van der Waals surface area contributed by atoms with Crippen LogP contribution in [-0.4, -0.2) is 47.6 Å². The van der Waals surface area contributed by atoms with Crippen LogP contribution < -0.4 is 4.74 Å². The Hall–Kier alpha value is -2.63. The van der Waals surface area contributed by atoms with E-state index in [1.807, 2.05) is 24.3 Å². The van der Waals surface area contributed by atoms with Crippen LogP contribution in [0.4, 0.5) is 0 Å². The van der Waals surface area contributed by atoms with E-state index < -0.39 is 0 Å². The Balaban J connectivity index is 2.11. The Morgan fingerprint density at radius 1 is 1.14 bits per heavy atom. The number of hydrogen-bond donors (Lipinski definition) is 1. The maximum Gasteiger partial charge on any atom is 0.176 e. The van der Waals surface area contributed by atoms with E-state index in [1.165, 1.54) is 0 Å². The monoisotopic (exact) mass is 298 g/mol. The van der Waals surface area contributed by atoms with Gasteiger partial charge in [-0.3, -0.25) is 9.98 Å². The normalized spacial score (nSPS) is 17.8. The largest absolute Gasteiger partial charge is 0.497 e. The molecule has 1 aliphatic rings. The molecule has 0 atom stereocenters. The average molecular weight is 298 g/mol. The molecule has 114 valence electrons. The van der Waals surface area contributed by atoms with Crippen LogP contribution in [-0.2, 0) is 6.42 Å². The molecule has 1 aromatic heterocycles. The lowest BCUT2D eigenvalue weighted by molar-refractivity contribution is 0.181. The molecule has 1 heterocycles. The standard InChI is InChI=1S/C16H18N4O2/c1-17-12-8-9-13-15(14(12)18-2)19-16(20(13)21)10-4-6-11(22-3)7-5-10/h4-7,21H,8-9H2,1-3H3. The fourth-order valence-electron chi connectivity index (χ4n) is 2.73. The van der Waals surface area contributed by atoms with Crippen molar-refractivity contribution in [3.05, 3.63) is 35.7 Å². The maximum absolute atomic E-state index is 10.5. The SMILES string of the molecule is CN=C1CCc2c(nc(-c3ccc(OC)cc3)n2O)C1=NC. The molecule has 0 saturated heterocycles. The van der Waals surface area contributed by atoms with Crippen LogP contribution in [0.15, 0.2) is 34.3 Å². The van der Waals surface area contributed by atoms with Crippen molar-refractivity contribution in [2.75, 3.05) is 21.2 Å². The Bertz CT molecular complexity index is 757. The number of aromatic nitrogens is 2. The highest BCUT2D eigenvalue weighted by Crippen LogP contribution is 2.27. The van der Waals surface area contributed by atoms with Gasteiger partial charge in [0, 0.05) is 19.7 Å². The minimum atomic E-state index is 0.506. The molecule has 0 aliphatic heterocycles. The van der Waals surface area contributed by atoms with Gasteiger partial charge in [-0.15, -0.1) is 0 Å². The summed E-state index contributed by atoms with van der Waals surface area (Å²) in [5, 5.41) is 10.5. The van der Waals surface area contributed by atoms with Gasteiger partial charge < -0.3 is 9.94 Å². The number of fused-ring (bicyclic) bond motifs is 1. The molecule has 1 N–H and O–H groups in total. The van der Waals surface area contributed by atoms with Crippen molar-refractivity contribution in [1.82, 2.24) is 9.71 Å². The van der Waals surface area contributed by atoms with Gasteiger partial charge in [0.2, 0.25) is 0 Å². The summed E-state index contributed by atoms with van der Waals surface area (Å²) in [6, 6.07) is 7.43. The molecular weight excluding hydrogens is 280 g/mol. The molecule has 6 heteroatoms. The van der Waals surface area contributed by atoms with Crippen molar-refractivity contribution in [1.29, 1.82) is 0 Å². The Kier molecular flexibility index (Phi) is 3.66. The Morgan fingerprint density at radius 3 is 2.45 bits per heavy atom. The summed E-state index contributed by atoms with van der Waals surface area (Å²) in [6.07, 6.45) is 1.45. The number of ether oxygens (including phenoxy) is 1. The summed E-state index contributed by atoms with van der Waals surface area (Å²) in [6.45, 7) is 0. The van der Waals surface area contributed by atoms with Gasteiger partial charge in [-0.1, -0.05) is 0 Å². The van der Waals surface area contributed by atoms with E-state index >= 15 is 0 Å². The number of benzene rings is 1. The van der Waals surface area contributed by atoms with E-state index in [2.05, 4.69) is 15.0 Å². The van der Waals surface area contributed by atoms with Crippen LogP contribution in [0, 0.1) is 0 Å². The number of aliphatic imine (C=N–C) groups is 2. The number of hydrogen-bond acceptors (Lipinski definition) is 5. The molecule has 0 bridgehead atoms. The minimum Gasteiger partial charge on any atom is -0.497 e. The third-order valence-corrected chi connectivity index (χ3v) is 3.89. The van der Waals surface area contributed by atoms with Crippen molar-refractivity contribution >= 4 is 11.4 Å². The molecule has 1 aromatic carbocycles. The van der Waals surface area contributed by atoms with Gasteiger partial charge >= 0.3 is 0 Å². The van der Waals surface area contributed by atoms with Crippen LogP contribution >= 0.6 is 0 Å². The zero-order valence-corrected chi connectivity index (χ0v) is 12.9. The molecule has 6 nitrogen and oxygen atoms in total. The summed E-state index contributed by atoms with van der Waals surface area (Å²) in [4.78, 5) is 13.2. The van der Waals surface area contributed by atoms with Gasteiger partial charge in [0.1, 0.15) is 17.2 Å². The second kappa shape index (κ2) is 5.63. The first-order valence-electron chi connectivity index (χ1n) is 7.08. The second-order valence-corrected chi connectivity index (χ2v) is 5.01. The summed E-state index contributed by atoms with van der Waals surface area (Å²) < 4.78 is 6.32. The lowest BCUT2D eigenvalue weighted by atomic mass is 9.97. The molecule has 22 heavy (non-hydrogen) atoms. The van der Waals surface area contributed by atoms with Crippen molar-refractivity contribution in [3.8, 4) is 17.1 Å². The summed E-state index contributed by atoms with van der Waals surface area (Å²) in [5.74, 6) is 1.27. The van der Waals surface area contributed by atoms with Gasteiger partial charge in [0.25, 0.3) is 0 Å². The number of imidazole rings is 1. The number of methoxy groups -OCH3 is 1. The third-order valence-electron chi connectivity index (χ3n) is 3.89. The van der Waals surface area contributed by atoms with Crippen LogP contribution in [0.3, 0.4) is 0 Å². The van der Waals surface area contributed by atoms with E-state index in [0.29, 0.717) is 17.9 Å². The molecule has 0 fully saturated rings. The molecule has 1 aliphatic carbocycles. The maximum atomic E-state index is 10.5. The van der Waals surface area contributed by atoms with Crippen LogP contribution in [0.2, 0.25) is 0 Å². The first kappa shape index (κ1) is 14.3. The van der Waals surface area contributed by atoms with Crippen molar-refractivity contribution in [3.63, 3.8) is 0 Å². The van der Waals surface area contributed by atoms with Crippen molar-refractivity contribution in [2.24, 2.45) is 9.98 Å². The van der Waals surface area contributed by atoms with E-state index in [0.717, 1.165) is 39.6 Å². The van der Waals surface area contributed by atoms with Crippen LogP contribution in [0.1, 0.15) is 17.8 Å². The predicted octanol–water partition coefficient (Wildman–Crippen LogP) is 2.23. The fraction of sp³-hybridized carbons (Fsp3) is 0.312. The highest BCUT2D eigenvalue weighted by atomic mass is 16.5. The van der Waals surface area contributed by atoms with Gasteiger partial charge in [-0.2, -0.15) is 4.73 Å². The highest BCUT2D eigenvalue weighted by molar-refractivity contribution is 6.49. The lowest BCUT2D eigenvalue weighted by Crippen LogP contribution is -2.24. The van der Waals surface area contributed by atoms with E-state index in [-0.39, 0.29) is 0 Å². The Labute approximate surface area is 128 Å². The summed E-state index contributed by atoms with van der Waals surface area (Å²) in [7, 11) is 5.10. The van der Waals surface area contributed by atoms with E-state index in [1.54, 1.807) is 21.2 Å². The van der Waals surface area contributed by atoms with Gasteiger partial charge in [0.15, 0.2) is 5.82 Å². The van der Waals surface area contributed by atoms with Crippen molar-refractivity contribution < 1.29 is 9.94 Å². The van der Waals surface area contributed by atoms with Crippen LogP contribution in [0.5, 0.6) is 5.75 Å². The molecular formula is C16H18N4O2. The first-order valence-corrected chi connectivity index (χ1v) is 7.08. The van der Waals surface area contributed by atoms with Crippen molar-refractivity contribution in [2.45, 2.75) is 12.8 Å². The van der Waals surface area contributed by atoms with Crippen LogP contribution in [0.25, 0.3) is 11.4 Å². The smallest absolute Gasteiger partial charge is 0.176 e. The molecule has 0 radical (unpaired) electrons. The minimum absolute atomic E-state index is 0.506. The predicted molar refractivity (Wildman–Crippen MR) is 85.5 cm³/mol. The topological polar surface area (TPSA) is 72.0 Å². The zero-order valence-electron chi connectivity index (χ0n) is 12.9. The first-order chi connectivity index (χ1) is 10.7. The van der Waals surface area contributed by atoms with E-state index in [9.17, 15) is 5.21 Å². The highest BCUT2D eigenvalue weighted by Gasteiger charge is 2.28. The fourth-order valence-corrected chi connectivity index (χ4v) is 2.73. The van der Waals surface area contributed by atoms with E-state index in [4.69, 9.17) is 4.74 Å². The lowest BCUT2D eigenvalue weighted by Gasteiger charge is -2.15. The number of rotatable bonds is 2.